The predicted molar refractivity (Wildman–Crippen MR) is 113 cm³/mol. The highest BCUT2D eigenvalue weighted by molar-refractivity contribution is 7.98. The first-order valence-corrected chi connectivity index (χ1v) is 10.0. The van der Waals surface area contributed by atoms with Gasteiger partial charge in [0.2, 0.25) is 0 Å². The molecule has 26 heavy (non-hydrogen) atoms. The van der Waals surface area contributed by atoms with Gasteiger partial charge in [0.25, 0.3) is 0 Å². The third-order valence-electron chi connectivity index (χ3n) is 5.31. The van der Waals surface area contributed by atoms with Crippen molar-refractivity contribution in [2.45, 2.75) is 26.2 Å². The molecule has 0 aromatic heterocycles. The molecule has 3 heteroatoms. The molecule has 0 unspecified atom stereocenters. The summed E-state index contributed by atoms with van der Waals surface area (Å²) in [5.41, 5.74) is 6.39. The summed E-state index contributed by atoms with van der Waals surface area (Å²) in [5, 5.41) is 0. The lowest BCUT2D eigenvalue weighted by atomic mass is 9.77. The van der Waals surface area contributed by atoms with E-state index in [-0.39, 0.29) is 5.41 Å². The zero-order chi connectivity index (χ0) is 18.1. The first-order valence-electron chi connectivity index (χ1n) is 9.09. The summed E-state index contributed by atoms with van der Waals surface area (Å²) in [4.78, 5) is 2.25. The van der Waals surface area contributed by atoms with E-state index in [0.717, 1.165) is 18.1 Å². The van der Waals surface area contributed by atoms with Crippen molar-refractivity contribution >= 4 is 23.4 Å². The van der Waals surface area contributed by atoms with Crippen molar-refractivity contribution in [2.75, 3.05) is 12.3 Å². The Balaban J connectivity index is 1.64. The van der Waals surface area contributed by atoms with Gasteiger partial charge in [0.05, 0.1) is 0 Å². The summed E-state index contributed by atoms with van der Waals surface area (Å²) in [5.74, 6) is 2.12. The van der Waals surface area contributed by atoms with E-state index in [4.69, 9.17) is 0 Å². The molecule has 2 aliphatic heterocycles. The van der Waals surface area contributed by atoms with Crippen LogP contribution in [0, 0.1) is 6.92 Å². The van der Waals surface area contributed by atoms with Gasteiger partial charge in [-0.3, -0.25) is 0 Å². The van der Waals surface area contributed by atoms with Crippen molar-refractivity contribution in [1.82, 2.24) is 4.90 Å². The molecular weight excluding hydrogens is 336 g/mol. The number of fused-ring (bicyclic) bond motifs is 1. The lowest BCUT2D eigenvalue weighted by molar-refractivity contribution is 0.594. The summed E-state index contributed by atoms with van der Waals surface area (Å²) in [7, 11) is 0. The Hall–Kier alpha value is -2.26. The van der Waals surface area contributed by atoms with E-state index < -0.39 is 0 Å². The summed E-state index contributed by atoms with van der Waals surface area (Å²) >= 11 is 1.66. The maximum Gasteiger partial charge on any atom is 0.148 e. The van der Waals surface area contributed by atoms with Crippen molar-refractivity contribution in [2.24, 2.45) is 4.40 Å². The molecule has 2 aliphatic rings. The Morgan fingerprint density at radius 3 is 2.31 bits per heavy atom. The molecule has 0 saturated heterocycles. The smallest absolute Gasteiger partial charge is 0.148 e. The van der Waals surface area contributed by atoms with E-state index in [0.29, 0.717) is 0 Å². The summed E-state index contributed by atoms with van der Waals surface area (Å²) in [6.45, 7) is 7.74. The summed E-state index contributed by atoms with van der Waals surface area (Å²) < 4.78 is 4.68. The van der Waals surface area contributed by atoms with Gasteiger partial charge >= 0.3 is 0 Å². The van der Waals surface area contributed by atoms with Gasteiger partial charge in [0.1, 0.15) is 5.84 Å². The predicted octanol–water partition coefficient (Wildman–Crippen LogP) is 5.59. The fraction of sp³-hybridized carbons (Fsp3) is 0.261. The van der Waals surface area contributed by atoms with Crippen molar-refractivity contribution in [1.29, 1.82) is 0 Å². The van der Waals surface area contributed by atoms with E-state index in [1.54, 1.807) is 11.9 Å². The normalized spacial score (nSPS) is 16.8. The van der Waals surface area contributed by atoms with E-state index in [9.17, 15) is 0 Å². The van der Waals surface area contributed by atoms with Gasteiger partial charge in [-0.05, 0) is 47.7 Å². The number of benzene rings is 2. The van der Waals surface area contributed by atoms with E-state index >= 15 is 0 Å². The quantitative estimate of drug-likeness (QED) is 0.663. The topological polar surface area (TPSA) is 15.6 Å². The van der Waals surface area contributed by atoms with Crippen LogP contribution >= 0.6 is 11.9 Å². The molecular formula is C23H24N2S. The minimum absolute atomic E-state index is 0.0165. The second kappa shape index (κ2) is 6.81. The molecule has 0 saturated carbocycles. The zero-order valence-electron chi connectivity index (χ0n) is 15.6. The van der Waals surface area contributed by atoms with Crippen LogP contribution in [0.15, 0.2) is 71.3 Å². The van der Waals surface area contributed by atoms with Gasteiger partial charge in [-0.2, -0.15) is 4.40 Å². The molecule has 0 atom stereocenters. The summed E-state index contributed by atoms with van der Waals surface area (Å²) in [6.07, 6.45) is 6.41. The molecule has 132 valence electrons. The van der Waals surface area contributed by atoms with Crippen LogP contribution in [0.2, 0.25) is 0 Å². The minimum Gasteiger partial charge on any atom is -0.331 e. The van der Waals surface area contributed by atoms with Crippen LogP contribution in [0.25, 0.3) is 5.57 Å². The van der Waals surface area contributed by atoms with Crippen molar-refractivity contribution in [3.63, 3.8) is 0 Å². The molecule has 2 heterocycles. The lowest BCUT2D eigenvalue weighted by Gasteiger charge is -2.30. The van der Waals surface area contributed by atoms with E-state index in [1.807, 2.05) is 0 Å². The van der Waals surface area contributed by atoms with E-state index in [2.05, 4.69) is 97.0 Å². The maximum absolute atomic E-state index is 4.68. The van der Waals surface area contributed by atoms with Gasteiger partial charge in [0, 0.05) is 29.5 Å². The molecule has 0 radical (unpaired) electrons. The van der Waals surface area contributed by atoms with Gasteiger partial charge in [-0.1, -0.05) is 67.9 Å². The first kappa shape index (κ1) is 17.2. The number of nitrogens with zero attached hydrogens (tertiary/aromatic N) is 2. The highest BCUT2D eigenvalue weighted by atomic mass is 32.2. The van der Waals surface area contributed by atoms with Gasteiger partial charge in [0.15, 0.2) is 0 Å². The second-order valence-corrected chi connectivity index (χ2v) is 8.28. The monoisotopic (exact) mass is 360 g/mol. The molecule has 0 fully saturated rings. The standard InChI is InChI=1S/C23H24N2S/c1-17-6-10-19(11-7-17)23(2,3)20-12-8-18(9-13-20)21-5-4-14-25-15-16-26-24-22(21)25/h4-14H,15-16H2,1-3H3. The molecule has 2 nitrogen and oxygen atoms in total. The number of rotatable bonds is 3. The molecule has 2 aromatic carbocycles. The van der Waals surface area contributed by atoms with Crippen LogP contribution < -0.4 is 0 Å². The molecule has 4 rings (SSSR count). The molecule has 2 aromatic rings. The lowest BCUT2D eigenvalue weighted by Crippen LogP contribution is -2.32. The molecule has 0 spiro atoms. The fourth-order valence-corrected chi connectivity index (χ4v) is 4.19. The first-order chi connectivity index (χ1) is 12.6. The Labute approximate surface area is 160 Å². The van der Waals surface area contributed by atoms with E-state index in [1.165, 1.54) is 27.8 Å². The van der Waals surface area contributed by atoms with Crippen LogP contribution in [0.3, 0.4) is 0 Å². The highest BCUT2D eigenvalue weighted by Crippen LogP contribution is 2.33. The second-order valence-electron chi connectivity index (χ2n) is 7.43. The third kappa shape index (κ3) is 3.12. The van der Waals surface area contributed by atoms with Gasteiger partial charge in [-0.25, -0.2) is 0 Å². The number of allylic oxidation sites excluding steroid dienone is 2. The fourth-order valence-electron chi connectivity index (χ4n) is 3.50. The summed E-state index contributed by atoms with van der Waals surface area (Å²) in [6, 6.07) is 17.8. The zero-order valence-corrected chi connectivity index (χ0v) is 16.4. The SMILES string of the molecule is Cc1ccc(C(C)(C)c2ccc(C3=CC=CN4CCSN=C34)cc2)cc1. The minimum atomic E-state index is -0.0165. The number of aryl methyl sites for hydroxylation is 1. The highest BCUT2D eigenvalue weighted by Gasteiger charge is 2.24. The van der Waals surface area contributed by atoms with Crippen molar-refractivity contribution in [3.8, 4) is 0 Å². The van der Waals surface area contributed by atoms with Crippen LogP contribution in [-0.2, 0) is 5.41 Å². The number of hydrogen-bond acceptors (Lipinski definition) is 3. The Kier molecular flexibility index (Phi) is 4.49. The number of amidine groups is 1. The van der Waals surface area contributed by atoms with Crippen molar-refractivity contribution < 1.29 is 0 Å². The molecule has 0 aliphatic carbocycles. The van der Waals surface area contributed by atoms with Crippen LogP contribution in [0.4, 0.5) is 0 Å². The van der Waals surface area contributed by atoms with Crippen LogP contribution in [0.1, 0.15) is 36.1 Å². The van der Waals surface area contributed by atoms with Crippen molar-refractivity contribution in [3.05, 3.63) is 89.1 Å². The average molecular weight is 361 g/mol. The van der Waals surface area contributed by atoms with Gasteiger partial charge < -0.3 is 4.90 Å². The molecule has 0 amide bonds. The van der Waals surface area contributed by atoms with Gasteiger partial charge in [-0.15, -0.1) is 0 Å². The molecule has 0 bridgehead atoms. The Morgan fingerprint density at radius 1 is 0.962 bits per heavy atom. The van der Waals surface area contributed by atoms with Crippen LogP contribution in [0.5, 0.6) is 0 Å². The Morgan fingerprint density at radius 2 is 1.62 bits per heavy atom. The average Bonchev–Trinajstić information content (AvgIpc) is 2.68. The Bertz CT molecular complexity index is 887. The number of hydrogen-bond donors (Lipinski definition) is 0. The largest absolute Gasteiger partial charge is 0.331 e. The third-order valence-corrected chi connectivity index (χ3v) is 5.97. The van der Waals surface area contributed by atoms with Crippen LogP contribution in [-0.4, -0.2) is 23.0 Å². The maximum atomic E-state index is 4.68. The molecule has 0 N–H and O–H groups in total.